The van der Waals surface area contributed by atoms with Crippen molar-refractivity contribution in [3.05, 3.63) is 76.8 Å². The molecule has 7 nitrogen and oxygen atoms in total. The van der Waals surface area contributed by atoms with Gasteiger partial charge in [0.15, 0.2) is 0 Å². The first-order valence-corrected chi connectivity index (χ1v) is 9.03. The van der Waals surface area contributed by atoms with Gasteiger partial charge in [-0.2, -0.15) is 5.10 Å². The van der Waals surface area contributed by atoms with Crippen LogP contribution in [0.2, 0.25) is 0 Å². The van der Waals surface area contributed by atoms with Crippen molar-refractivity contribution in [3.63, 3.8) is 0 Å². The number of amides is 2. The summed E-state index contributed by atoms with van der Waals surface area (Å²) in [4.78, 5) is 37.8. The molecule has 2 aromatic carbocycles. The van der Waals surface area contributed by atoms with Crippen LogP contribution in [0.3, 0.4) is 0 Å². The third-order valence-corrected chi connectivity index (χ3v) is 4.76. The van der Waals surface area contributed by atoms with Gasteiger partial charge < -0.3 is 10.2 Å². The maximum absolute atomic E-state index is 13.5. The van der Waals surface area contributed by atoms with Crippen molar-refractivity contribution < 1.29 is 14.0 Å². The van der Waals surface area contributed by atoms with E-state index >= 15 is 0 Å². The predicted octanol–water partition coefficient (Wildman–Crippen LogP) is 2.57. The fraction of sp³-hybridized carbons (Fsp3) is 0.143. The number of rotatable bonds is 4. The minimum Gasteiger partial charge on any atom is -0.325 e. The van der Waals surface area contributed by atoms with E-state index in [0.29, 0.717) is 22.6 Å². The average Bonchev–Trinajstić information content (AvgIpc) is 3.11. The fourth-order valence-electron chi connectivity index (χ4n) is 3.32. The summed E-state index contributed by atoms with van der Waals surface area (Å²) < 4.78 is 13.5. The molecule has 1 aliphatic rings. The lowest BCUT2D eigenvalue weighted by Gasteiger charge is -2.17. The lowest BCUT2D eigenvalue weighted by Crippen LogP contribution is -2.28. The molecule has 2 amide bonds. The zero-order valence-corrected chi connectivity index (χ0v) is 15.3. The summed E-state index contributed by atoms with van der Waals surface area (Å²) in [5, 5.41) is 9.21. The minimum absolute atomic E-state index is 0.0431. The predicted molar refractivity (Wildman–Crippen MR) is 106 cm³/mol. The molecule has 0 radical (unpaired) electrons. The summed E-state index contributed by atoms with van der Waals surface area (Å²) in [6.45, 7) is 0.174. The highest BCUT2D eigenvalue weighted by molar-refractivity contribution is 6.04. The summed E-state index contributed by atoms with van der Waals surface area (Å²) in [7, 11) is 0. The molecule has 29 heavy (non-hydrogen) atoms. The molecule has 0 bridgehead atoms. The van der Waals surface area contributed by atoms with E-state index < -0.39 is 11.7 Å². The van der Waals surface area contributed by atoms with Crippen LogP contribution in [0.1, 0.15) is 6.42 Å². The van der Waals surface area contributed by atoms with Gasteiger partial charge in [-0.3, -0.25) is 14.4 Å². The Morgan fingerprint density at radius 1 is 1.10 bits per heavy atom. The first-order chi connectivity index (χ1) is 14.0. The number of benzene rings is 2. The van der Waals surface area contributed by atoms with E-state index in [2.05, 4.69) is 15.5 Å². The monoisotopic (exact) mass is 392 g/mol. The molecule has 0 saturated carbocycles. The highest BCUT2D eigenvalue weighted by Gasteiger charge is 2.35. The number of hydrogen-bond acceptors (Lipinski definition) is 4. The molecule has 1 fully saturated rings. The van der Waals surface area contributed by atoms with Gasteiger partial charge in [0.1, 0.15) is 5.82 Å². The van der Waals surface area contributed by atoms with E-state index in [1.54, 1.807) is 36.4 Å². The summed E-state index contributed by atoms with van der Waals surface area (Å²) in [6, 6.07) is 15.7. The number of anilines is 2. The normalized spacial score (nSPS) is 16.1. The highest BCUT2D eigenvalue weighted by atomic mass is 19.1. The number of carbonyl (C=O) groups is 2. The number of halogens is 1. The number of carbonyl (C=O) groups excluding carboxylic acids is 2. The van der Waals surface area contributed by atoms with Crippen molar-refractivity contribution in [1.29, 1.82) is 0 Å². The third kappa shape index (κ3) is 3.91. The topological polar surface area (TPSA) is 95.2 Å². The largest absolute Gasteiger partial charge is 0.325 e. The van der Waals surface area contributed by atoms with Crippen molar-refractivity contribution in [1.82, 2.24) is 10.2 Å². The quantitative estimate of drug-likeness (QED) is 0.713. The Bertz CT molecular complexity index is 1120. The summed E-state index contributed by atoms with van der Waals surface area (Å²) in [5.41, 5.74) is 1.78. The van der Waals surface area contributed by atoms with E-state index in [1.807, 2.05) is 0 Å². The zero-order valence-electron chi connectivity index (χ0n) is 15.3. The van der Waals surface area contributed by atoms with Gasteiger partial charge in [-0.05, 0) is 30.3 Å². The maximum Gasteiger partial charge on any atom is 0.264 e. The molecule has 4 rings (SSSR count). The summed E-state index contributed by atoms with van der Waals surface area (Å²) in [6.07, 6.45) is 0.0431. The van der Waals surface area contributed by atoms with E-state index in [-0.39, 0.29) is 30.3 Å². The first kappa shape index (κ1) is 18.5. The number of H-pyrrole nitrogens is 1. The standard InChI is InChI=1S/C21H17FN4O3/c22-14-4-3-5-15(11-14)26-12-13(10-20(26)28)21(29)23-17-7-2-1-6-16(17)18-8-9-19(27)25-24-18/h1-9,11,13H,10,12H2,(H,23,29)(H,25,27)/t13-/m0/s1. The Balaban J connectivity index is 1.53. The first-order valence-electron chi connectivity index (χ1n) is 9.03. The van der Waals surface area contributed by atoms with Crippen LogP contribution in [0.5, 0.6) is 0 Å². The molecule has 3 aromatic rings. The van der Waals surface area contributed by atoms with Crippen LogP contribution in [-0.4, -0.2) is 28.6 Å². The lowest BCUT2D eigenvalue weighted by atomic mass is 10.1. The van der Waals surface area contributed by atoms with Crippen molar-refractivity contribution in [2.75, 3.05) is 16.8 Å². The molecule has 1 aliphatic heterocycles. The van der Waals surface area contributed by atoms with Crippen LogP contribution in [0.4, 0.5) is 15.8 Å². The molecular weight excluding hydrogens is 375 g/mol. The molecule has 2 heterocycles. The Labute approximate surface area is 165 Å². The molecule has 8 heteroatoms. The smallest absolute Gasteiger partial charge is 0.264 e. The number of aromatic amines is 1. The number of para-hydroxylation sites is 1. The molecule has 1 aromatic heterocycles. The van der Waals surface area contributed by atoms with E-state index in [0.717, 1.165) is 0 Å². The molecule has 0 unspecified atom stereocenters. The van der Waals surface area contributed by atoms with Gasteiger partial charge in [0.25, 0.3) is 5.56 Å². The third-order valence-electron chi connectivity index (χ3n) is 4.76. The second-order valence-corrected chi connectivity index (χ2v) is 6.73. The molecule has 1 saturated heterocycles. The second kappa shape index (κ2) is 7.67. The van der Waals surface area contributed by atoms with Crippen LogP contribution in [0, 0.1) is 11.7 Å². The fourth-order valence-corrected chi connectivity index (χ4v) is 3.32. The second-order valence-electron chi connectivity index (χ2n) is 6.73. The van der Waals surface area contributed by atoms with E-state index in [9.17, 15) is 18.8 Å². The van der Waals surface area contributed by atoms with Gasteiger partial charge in [-0.1, -0.05) is 24.3 Å². The zero-order chi connectivity index (χ0) is 20.4. The molecular formula is C21H17FN4O3. The molecule has 2 N–H and O–H groups in total. The van der Waals surface area contributed by atoms with Crippen molar-refractivity contribution >= 4 is 23.2 Å². The van der Waals surface area contributed by atoms with Crippen LogP contribution in [0.15, 0.2) is 65.5 Å². The maximum atomic E-state index is 13.5. The number of nitrogens with zero attached hydrogens (tertiary/aromatic N) is 2. The average molecular weight is 392 g/mol. The molecule has 1 atom stereocenters. The molecule has 0 spiro atoms. The Morgan fingerprint density at radius 2 is 1.93 bits per heavy atom. The van der Waals surface area contributed by atoms with Gasteiger partial charge >= 0.3 is 0 Å². The van der Waals surface area contributed by atoms with E-state index in [1.165, 1.54) is 29.2 Å². The number of hydrogen-bond donors (Lipinski definition) is 2. The van der Waals surface area contributed by atoms with Crippen molar-refractivity contribution in [3.8, 4) is 11.3 Å². The van der Waals surface area contributed by atoms with Crippen LogP contribution < -0.4 is 15.8 Å². The van der Waals surface area contributed by atoms with Crippen LogP contribution in [-0.2, 0) is 9.59 Å². The minimum atomic E-state index is -0.567. The van der Waals surface area contributed by atoms with Crippen molar-refractivity contribution in [2.24, 2.45) is 5.92 Å². The summed E-state index contributed by atoms with van der Waals surface area (Å²) >= 11 is 0. The molecule has 146 valence electrons. The summed E-state index contributed by atoms with van der Waals surface area (Å²) in [5.74, 6) is -1.55. The Morgan fingerprint density at radius 3 is 2.69 bits per heavy atom. The Hall–Kier alpha value is -3.81. The van der Waals surface area contributed by atoms with Gasteiger partial charge in [-0.25, -0.2) is 9.49 Å². The van der Waals surface area contributed by atoms with Gasteiger partial charge in [0.2, 0.25) is 11.8 Å². The Kier molecular flexibility index (Phi) is 4.90. The van der Waals surface area contributed by atoms with Gasteiger partial charge in [0.05, 0.1) is 17.3 Å². The van der Waals surface area contributed by atoms with E-state index in [4.69, 9.17) is 0 Å². The lowest BCUT2D eigenvalue weighted by molar-refractivity contribution is -0.122. The van der Waals surface area contributed by atoms with Crippen LogP contribution >= 0.6 is 0 Å². The van der Waals surface area contributed by atoms with Crippen molar-refractivity contribution in [2.45, 2.75) is 6.42 Å². The van der Waals surface area contributed by atoms with Gasteiger partial charge in [0, 0.05) is 30.3 Å². The number of aromatic nitrogens is 2. The number of nitrogens with one attached hydrogen (secondary N) is 2. The highest BCUT2D eigenvalue weighted by Crippen LogP contribution is 2.29. The van der Waals surface area contributed by atoms with Gasteiger partial charge in [-0.15, -0.1) is 0 Å². The SMILES string of the molecule is O=C(Nc1ccccc1-c1ccc(=O)[nH]n1)[C@H]1CC(=O)N(c2cccc(F)c2)C1. The molecule has 0 aliphatic carbocycles. The van der Waals surface area contributed by atoms with Crippen LogP contribution in [0.25, 0.3) is 11.3 Å².